The molecule has 0 unspecified atom stereocenters. The van der Waals surface area contributed by atoms with Crippen LogP contribution in [0.2, 0.25) is 5.02 Å². The molecule has 3 rings (SSSR count). The summed E-state index contributed by atoms with van der Waals surface area (Å²) in [6.45, 7) is 1.19. The van der Waals surface area contributed by atoms with Crippen molar-refractivity contribution in [3.63, 3.8) is 0 Å². The van der Waals surface area contributed by atoms with Gasteiger partial charge >= 0.3 is 0 Å². The summed E-state index contributed by atoms with van der Waals surface area (Å²) < 4.78 is 10.5. The fourth-order valence-electron chi connectivity index (χ4n) is 3.41. The Morgan fingerprint density at radius 3 is 2.43 bits per heavy atom. The van der Waals surface area contributed by atoms with Crippen molar-refractivity contribution in [3.8, 4) is 11.5 Å². The SMILES string of the molecule is COc1cc(/C=C/C(=O)N2CCC(NC(=O)c3ccccc3)CC2)cc(Cl)c1OC. The van der Waals surface area contributed by atoms with Crippen molar-refractivity contribution in [2.45, 2.75) is 18.9 Å². The van der Waals surface area contributed by atoms with Crippen LogP contribution in [0.25, 0.3) is 6.08 Å². The van der Waals surface area contributed by atoms with Gasteiger partial charge in [-0.2, -0.15) is 0 Å². The number of nitrogens with zero attached hydrogens (tertiary/aromatic N) is 1. The molecule has 30 heavy (non-hydrogen) atoms. The number of piperidine rings is 1. The van der Waals surface area contributed by atoms with Crippen LogP contribution >= 0.6 is 11.6 Å². The van der Waals surface area contributed by atoms with Gasteiger partial charge in [0.2, 0.25) is 5.91 Å². The van der Waals surface area contributed by atoms with Gasteiger partial charge in [-0.15, -0.1) is 0 Å². The van der Waals surface area contributed by atoms with Gasteiger partial charge in [0.1, 0.15) is 0 Å². The molecule has 1 aliphatic heterocycles. The van der Waals surface area contributed by atoms with E-state index >= 15 is 0 Å². The quantitative estimate of drug-likeness (QED) is 0.711. The summed E-state index contributed by atoms with van der Waals surface area (Å²) in [5.41, 5.74) is 1.39. The van der Waals surface area contributed by atoms with Crippen LogP contribution in [0.15, 0.2) is 48.5 Å². The molecule has 0 radical (unpaired) electrons. The van der Waals surface area contributed by atoms with E-state index in [1.165, 1.54) is 20.3 Å². The molecule has 0 atom stereocenters. The zero-order valence-corrected chi connectivity index (χ0v) is 17.8. The van der Waals surface area contributed by atoms with E-state index in [2.05, 4.69) is 5.32 Å². The lowest BCUT2D eigenvalue weighted by Gasteiger charge is -2.31. The Hall–Kier alpha value is -2.99. The Bertz CT molecular complexity index is 922. The summed E-state index contributed by atoms with van der Waals surface area (Å²) in [6, 6.07) is 12.7. The first-order chi connectivity index (χ1) is 14.5. The minimum absolute atomic E-state index is 0.0652. The van der Waals surface area contributed by atoms with Gasteiger partial charge < -0.3 is 19.7 Å². The molecule has 2 aromatic rings. The molecule has 1 aliphatic rings. The number of amides is 2. The first-order valence-corrected chi connectivity index (χ1v) is 10.1. The number of halogens is 1. The average Bonchev–Trinajstić information content (AvgIpc) is 2.78. The Labute approximate surface area is 181 Å². The minimum atomic E-state index is -0.0781. The number of nitrogens with one attached hydrogen (secondary N) is 1. The van der Waals surface area contributed by atoms with Gasteiger partial charge in [0.05, 0.1) is 19.2 Å². The Morgan fingerprint density at radius 2 is 1.80 bits per heavy atom. The highest BCUT2D eigenvalue weighted by Crippen LogP contribution is 2.36. The van der Waals surface area contributed by atoms with Crippen molar-refractivity contribution in [1.29, 1.82) is 0 Å². The van der Waals surface area contributed by atoms with Gasteiger partial charge in [0, 0.05) is 30.8 Å². The molecule has 158 valence electrons. The number of hydrogen-bond donors (Lipinski definition) is 1. The summed E-state index contributed by atoms with van der Waals surface area (Å²) in [7, 11) is 3.06. The van der Waals surface area contributed by atoms with E-state index < -0.39 is 0 Å². The molecule has 2 aromatic carbocycles. The number of benzene rings is 2. The summed E-state index contributed by atoms with van der Waals surface area (Å²) in [6.07, 6.45) is 4.68. The zero-order chi connectivity index (χ0) is 21.5. The first kappa shape index (κ1) is 21.7. The molecular weight excluding hydrogens is 404 g/mol. The summed E-state index contributed by atoms with van der Waals surface area (Å²) in [5, 5.41) is 3.46. The highest BCUT2D eigenvalue weighted by atomic mass is 35.5. The van der Waals surface area contributed by atoms with E-state index in [0.717, 1.165) is 18.4 Å². The molecule has 0 saturated carbocycles. The molecule has 1 N–H and O–H groups in total. The normalized spacial score (nSPS) is 14.6. The molecule has 0 aromatic heterocycles. The Morgan fingerprint density at radius 1 is 1.10 bits per heavy atom. The maximum Gasteiger partial charge on any atom is 0.251 e. The van der Waals surface area contributed by atoms with Crippen LogP contribution in [0.1, 0.15) is 28.8 Å². The van der Waals surface area contributed by atoms with Crippen molar-refractivity contribution in [2.24, 2.45) is 0 Å². The second-order valence-corrected chi connectivity index (χ2v) is 7.42. The molecule has 1 fully saturated rings. The topological polar surface area (TPSA) is 67.9 Å². The predicted octanol–water partition coefficient (Wildman–Crippen LogP) is 3.79. The molecule has 1 saturated heterocycles. The van der Waals surface area contributed by atoms with Crippen molar-refractivity contribution in [2.75, 3.05) is 27.3 Å². The highest BCUT2D eigenvalue weighted by molar-refractivity contribution is 6.32. The van der Waals surface area contributed by atoms with Gasteiger partial charge in [-0.1, -0.05) is 29.8 Å². The third-order valence-corrected chi connectivity index (χ3v) is 5.33. The van der Waals surface area contributed by atoms with E-state index in [-0.39, 0.29) is 17.9 Å². The second-order valence-electron chi connectivity index (χ2n) is 7.01. The number of rotatable bonds is 6. The highest BCUT2D eigenvalue weighted by Gasteiger charge is 2.23. The van der Waals surface area contributed by atoms with Crippen LogP contribution in [-0.4, -0.2) is 50.1 Å². The average molecular weight is 429 g/mol. The second kappa shape index (κ2) is 10.2. The van der Waals surface area contributed by atoms with Crippen LogP contribution in [-0.2, 0) is 4.79 Å². The fourth-order valence-corrected chi connectivity index (χ4v) is 3.71. The van der Waals surface area contributed by atoms with Crippen LogP contribution in [0, 0.1) is 0 Å². The molecule has 0 aliphatic carbocycles. The van der Waals surface area contributed by atoms with Crippen LogP contribution in [0.5, 0.6) is 11.5 Å². The Balaban J connectivity index is 1.54. The maximum atomic E-state index is 12.5. The number of carbonyl (C=O) groups excluding carboxylic acids is 2. The lowest BCUT2D eigenvalue weighted by atomic mass is 10.0. The van der Waals surface area contributed by atoms with Crippen molar-refractivity contribution in [1.82, 2.24) is 10.2 Å². The molecule has 6 nitrogen and oxygen atoms in total. The lowest BCUT2D eigenvalue weighted by molar-refractivity contribution is -0.126. The predicted molar refractivity (Wildman–Crippen MR) is 117 cm³/mol. The van der Waals surface area contributed by atoms with Crippen molar-refractivity contribution < 1.29 is 19.1 Å². The largest absolute Gasteiger partial charge is 0.493 e. The number of hydrogen-bond acceptors (Lipinski definition) is 4. The van der Waals surface area contributed by atoms with E-state index in [4.69, 9.17) is 21.1 Å². The maximum absolute atomic E-state index is 12.5. The van der Waals surface area contributed by atoms with E-state index in [9.17, 15) is 9.59 Å². The third kappa shape index (κ3) is 5.33. The number of methoxy groups -OCH3 is 2. The molecular formula is C23H25ClN2O4. The molecule has 0 spiro atoms. The van der Waals surface area contributed by atoms with Gasteiger partial charge in [-0.25, -0.2) is 0 Å². The fraction of sp³-hybridized carbons (Fsp3) is 0.304. The van der Waals surface area contributed by atoms with Crippen molar-refractivity contribution >= 4 is 29.5 Å². The van der Waals surface area contributed by atoms with Crippen LogP contribution in [0.3, 0.4) is 0 Å². The van der Waals surface area contributed by atoms with Crippen LogP contribution < -0.4 is 14.8 Å². The minimum Gasteiger partial charge on any atom is -0.493 e. The van der Waals surface area contributed by atoms with Gasteiger partial charge in [0.15, 0.2) is 11.5 Å². The first-order valence-electron chi connectivity index (χ1n) is 9.76. The number of likely N-dealkylation sites (tertiary alicyclic amines) is 1. The van der Waals surface area contributed by atoms with Gasteiger partial charge in [0.25, 0.3) is 5.91 Å². The number of carbonyl (C=O) groups is 2. The third-order valence-electron chi connectivity index (χ3n) is 5.05. The number of ether oxygens (including phenoxy) is 2. The molecule has 1 heterocycles. The zero-order valence-electron chi connectivity index (χ0n) is 17.1. The van der Waals surface area contributed by atoms with Gasteiger partial charge in [-0.05, 0) is 48.7 Å². The Kier molecular flexibility index (Phi) is 7.36. The summed E-state index contributed by atoms with van der Waals surface area (Å²) in [4.78, 5) is 26.6. The molecule has 2 amide bonds. The molecule has 7 heteroatoms. The van der Waals surface area contributed by atoms with E-state index in [1.54, 1.807) is 35.2 Å². The van der Waals surface area contributed by atoms with Crippen LogP contribution in [0.4, 0.5) is 0 Å². The molecule has 0 bridgehead atoms. The smallest absolute Gasteiger partial charge is 0.251 e. The van der Waals surface area contributed by atoms with Crippen molar-refractivity contribution in [3.05, 3.63) is 64.7 Å². The monoisotopic (exact) mass is 428 g/mol. The van der Waals surface area contributed by atoms with Gasteiger partial charge in [-0.3, -0.25) is 9.59 Å². The summed E-state index contributed by atoms with van der Waals surface area (Å²) >= 11 is 6.21. The lowest BCUT2D eigenvalue weighted by Crippen LogP contribution is -2.46. The standard InChI is InChI=1S/C23H25ClN2O4/c1-29-20-15-16(14-19(24)22(20)30-2)8-9-21(27)26-12-10-18(11-13-26)25-23(28)17-6-4-3-5-7-17/h3-9,14-15,18H,10-13H2,1-2H3,(H,25,28)/b9-8+. The summed E-state index contributed by atoms with van der Waals surface area (Å²) in [5.74, 6) is 0.814. The van der Waals surface area contributed by atoms with E-state index in [0.29, 0.717) is 35.2 Å². The van der Waals surface area contributed by atoms with E-state index in [1.807, 2.05) is 18.2 Å².